The number of aromatic nitrogens is 1. The number of amides is 2. The number of nitrogens with one attached hydrogen (secondary N) is 1. The van der Waals surface area contributed by atoms with Crippen LogP contribution < -0.4 is 10.1 Å². The molecule has 0 unspecified atom stereocenters. The van der Waals surface area contributed by atoms with Gasteiger partial charge in [0.1, 0.15) is 12.4 Å². The fourth-order valence-electron chi connectivity index (χ4n) is 4.27. The van der Waals surface area contributed by atoms with Crippen molar-refractivity contribution in [3.05, 3.63) is 77.6 Å². The number of benzene rings is 2. The number of carbonyl (C=O) groups is 2. The van der Waals surface area contributed by atoms with Crippen LogP contribution in [0.1, 0.15) is 10.4 Å². The molecule has 5 rings (SSSR count). The van der Waals surface area contributed by atoms with Crippen LogP contribution in [-0.2, 0) is 4.79 Å². The minimum atomic E-state index is -0.107. The van der Waals surface area contributed by atoms with Gasteiger partial charge < -0.3 is 15.0 Å². The second-order valence-electron chi connectivity index (χ2n) is 8.20. The Morgan fingerprint density at radius 1 is 1.09 bits per heavy atom. The second-order valence-corrected chi connectivity index (χ2v) is 8.63. The number of rotatable bonds is 2. The van der Waals surface area contributed by atoms with E-state index >= 15 is 0 Å². The van der Waals surface area contributed by atoms with Crippen molar-refractivity contribution in [2.24, 2.45) is 0 Å². The summed E-state index contributed by atoms with van der Waals surface area (Å²) in [6.45, 7) is 2.21. The molecule has 33 heavy (non-hydrogen) atoms. The number of halogens is 1. The highest BCUT2D eigenvalue weighted by Crippen LogP contribution is 2.32. The van der Waals surface area contributed by atoms with E-state index in [0.717, 1.165) is 11.1 Å². The first-order chi connectivity index (χ1) is 16.1. The van der Waals surface area contributed by atoms with Gasteiger partial charge in [0, 0.05) is 48.2 Å². The van der Waals surface area contributed by atoms with Crippen LogP contribution in [0.3, 0.4) is 0 Å². The van der Waals surface area contributed by atoms with E-state index in [0.29, 0.717) is 48.3 Å². The summed E-state index contributed by atoms with van der Waals surface area (Å²) < 4.78 is 6.14. The summed E-state index contributed by atoms with van der Waals surface area (Å²) in [6, 6.07) is 16.4. The lowest BCUT2D eigenvalue weighted by Gasteiger charge is -2.40. The molecule has 2 aromatic carbocycles. The van der Waals surface area contributed by atoms with Crippen molar-refractivity contribution in [2.45, 2.75) is 6.04 Å². The van der Waals surface area contributed by atoms with Crippen molar-refractivity contribution < 1.29 is 14.3 Å². The highest BCUT2D eigenvalue weighted by Gasteiger charge is 2.33. The van der Waals surface area contributed by atoms with Crippen LogP contribution in [0.25, 0.3) is 11.1 Å². The summed E-state index contributed by atoms with van der Waals surface area (Å²) in [5, 5.41) is 3.52. The van der Waals surface area contributed by atoms with Gasteiger partial charge in [-0.15, -0.1) is 0 Å². The Hall–Kier alpha value is -3.42. The molecule has 2 amide bonds. The minimum Gasteiger partial charge on any atom is -0.490 e. The van der Waals surface area contributed by atoms with Gasteiger partial charge in [-0.1, -0.05) is 29.8 Å². The predicted molar refractivity (Wildman–Crippen MR) is 127 cm³/mol. The summed E-state index contributed by atoms with van der Waals surface area (Å²) in [5.74, 6) is 0.434. The zero-order valence-electron chi connectivity index (χ0n) is 17.9. The van der Waals surface area contributed by atoms with E-state index in [-0.39, 0.29) is 24.4 Å². The zero-order valence-corrected chi connectivity index (χ0v) is 18.7. The molecule has 1 aromatic heterocycles. The van der Waals surface area contributed by atoms with E-state index in [9.17, 15) is 9.59 Å². The van der Waals surface area contributed by atoms with Gasteiger partial charge in [0.2, 0.25) is 5.91 Å². The SMILES string of the molecule is O=C1CN2CCN(C(=O)c3cccc(Cl)c3)C[C@H]2COc2ccc(-c3cccnc3)cc2N1. The monoisotopic (exact) mass is 462 g/mol. The Kier molecular flexibility index (Phi) is 5.98. The van der Waals surface area contributed by atoms with Gasteiger partial charge >= 0.3 is 0 Å². The Morgan fingerprint density at radius 2 is 2.00 bits per heavy atom. The van der Waals surface area contributed by atoms with E-state index in [1.54, 1.807) is 41.6 Å². The van der Waals surface area contributed by atoms with Gasteiger partial charge in [-0.3, -0.25) is 19.5 Å². The van der Waals surface area contributed by atoms with Crippen LogP contribution in [0.15, 0.2) is 67.0 Å². The third-order valence-electron chi connectivity index (χ3n) is 5.99. The highest BCUT2D eigenvalue weighted by atomic mass is 35.5. The van der Waals surface area contributed by atoms with Gasteiger partial charge in [0.25, 0.3) is 5.91 Å². The summed E-state index contributed by atoms with van der Waals surface area (Å²) in [6.07, 6.45) is 3.51. The smallest absolute Gasteiger partial charge is 0.254 e. The summed E-state index contributed by atoms with van der Waals surface area (Å²) in [7, 11) is 0. The molecule has 1 fully saturated rings. The number of hydrogen-bond donors (Lipinski definition) is 1. The molecular formula is C25H23ClN4O3. The van der Waals surface area contributed by atoms with Crippen LogP contribution >= 0.6 is 11.6 Å². The lowest BCUT2D eigenvalue weighted by molar-refractivity contribution is -0.118. The molecule has 168 valence electrons. The molecule has 0 aliphatic carbocycles. The first kappa shape index (κ1) is 21.4. The maximum atomic E-state index is 13.0. The van der Waals surface area contributed by atoms with Crippen LogP contribution in [0.5, 0.6) is 5.75 Å². The van der Waals surface area contributed by atoms with Gasteiger partial charge in [0.05, 0.1) is 18.3 Å². The average molecular weight is 463 g/mol. The summed E-state index contributed by atoms with van der Waals surface area (Å²) >= 11 is 6.06. The average Bonchev–Trinajstić information content (AvgIpc) is 2.90. The largest absolute Gasteiger partial charge is 0.490 e. The van der Waals surface area contributed by atoms with Crippen molar-refractivity contribution in [1.82, 2.24) is 14.8 Å². The number of anilines is 1. The van der Waals surface area contributed by atoms with E-state index in [4.69, 9.17) is 16.3 Å². The molecule has 0 spiro atoms. The first-order valence-electron chi connectivity index (χ1n) is 10.8. The van der Waals surface area contributed by atoms with E-state index in [1.165, 1.54) is 0 Å². The third kappa shape index (κ3) is 4.69. The van der Waals surface area contributed by atoms with Crippen molar-refractivity contribution in [2.75, 3.05) is 38.1 Å². The molecule has 1 atom stereocenters. The highest BCUT2D eigenvalue weighted by molar-refractivity contribution is 6.30. The number of pyridine rings is 1. The third-order valence-corrected chi connectivity index (χ3v) is 6.22. The Labute approximate surface area is 196 Å². The molecule has 7 nitrogen and oxygen atoms in total. The lowest BCUT2D eigenvalue weighted by atomic mass is 10.1. The van der Waals surface area contributed by atoms with Gasteiger partial charge in [-0.2, -0.15) is 0 Å². The molecule has 2 aliphatic rings. The summed E-state index contributed by atoms with van der Waals surface area (Å²) in [5.41, 5.74) is 3.10. The van der Waals surface area contributed by atoms with Crippen molar-refractivity contribution >= 4 is 29.1 Å². The molecule has 1 N–H and O–H groups in total. The van der Waals surface area contributed by atoms with Gasteiger partial charge in [0.15, 0.2) is 0 Å². The maximum Gasteiger partial charge on any atom is 0.254 e. The fraction of sp³-hybridized carbons (Fsp3) is 0.240. The first-order valence-corrected chi connectivity index (χ1v) is 11.2. The molecule has 2 aliphatic heterocycles. The van der Waals surface area contributed by atoms with E-state index in [2.05, 4.69) is 15.2 Å². The number of piperazine rings is 1. The normalized spacial score (nSPS) is 18.6. The number of ether oxygens (including phenoxy) is 1. The molecule has 8 heteroatoms. The van der Waals surface area contributed by atoms with Crippen LogP contribution in [0.2, 0.25) is 5.02 Å². The fourth-order valence-corrected chi connectivity index (χ4v) is 4.46. The number of fused-ring (bicyclic) bond motifs is 2. The van der Waals surface area contributed by atoms with Crippen LogP contribution in [0.4, 0.5) is 5.69 Å². The second kappa shape index (κ2) is 9.21. The Balaban J connectivity index is 1.35. The molecule has 3 aromatic rings. The molecule has 0 radical (unpaired) electrons. The lowest BCUT2D eigenvalue weighted by Crippen LogP contribution is -2.57. The number of nitrogens with zero attached hydrogens (tertiary/aromatic N) is 3. The number of hydrogen-bond acceptors (Lipinski definition) is 5. The van der Waals surface area contributed by atoms with Crippen LogP contribution in [-0.4, -0.2) is 65.4 Å². The minimum absolute atomic E-state index is 0.0667. The topological polar surface area (TPSA) is 74.8 Å². The van der Waals surface area contributed by atoms with Crippen molar-refractivity contribution in [3.63, 3.8) is 0 Å². The van der Waals surface area contributed by atoms with E-state index in [1.807, 2.05) is 30.3 Å². The molecular weight excluding hydrogens is 440 g/mol. The number of carbonyl (C=O) groups excluding carboxylic acids is 2. The molecule has 3 heterocycles. The Morgan fingerprint density at radius 3 is 2.82 bits per heavy atom. The Bertz CT molecular complexity index is 1190. The maximum absolute atomic E-state index is 13.0. The standard InChI is InChI=1S/C25H23ClN4O3/c26-20-5-1-3-18(11-20)25(32)30-10-9-29-15-24(31)28-22-12-17(19-4-2-8-27-13-19)6-7-23(22)33-16-21(29)14-30/h1-8,11-13,21H,9-10,14-16H2,(H,28,31)/t21-/m0/s1. The molecule has 0 saturated carbocycles. The zero-order chi connectivity index (χ0) is 22.8. The molecule has 1 saturated heterocycles. The van der Waals surface area contributed by atoms with Crippen LogP contribution in [0, 0.1) is 0 Å². The van der Waals surface area contributed by atoms with Crippen molar-refractivity contribution in [1.29, 1.82) is 0 Å². The van der Waals surface area contributed by atoms with Gasteiger partial charge in [-0.05, 0) is 42.0 Å². The quantitative estimate of drug-likeness (QED) is 0.630. The van der Waals surface area contributed by atoms with Gasteiger partial charge in [-0.25, -0.2) is 0 Å². The summed E-state index contributed by atoms with van der Waals surface area (Å²) in [4.78, 5) is 33.9. The van der Waals surface area contributed by atoms with Crippen molar-refractivity contribution in [3.8, 4) is 16.9 Å². The van der Waals surface area contributed by atoms with E-state index < -0.39 is 0 Å². The predicted octanol–water partition coefficient (Wildman–Crippen LogP) is 3.56. The molecule has 0 bridgehead atoms.